The Labute approximate surface area is 111 Å². The molecule has 2 heterocycles. The minimum atomic E-state index is -0.394. The molecule has 0 saturated carbocycles. The zero-order chi connectivity index (χ0) is 13.0. The van der Waals surface area contributed by atoms with Crippen LogP contribution in [0, 0.1) is 5.92 Å². The van der Waals surface area contributed by atoms with Crippen molar-refractivity contribution >= 4 is 22.4 Å². The molecule has 5 nitrogen and oxygen atoms in total. The van der Waals surface area contributed by atoms with Gasteiger partial charge in [0.1, 0.15) is 0 Å². The zero-order valence-corrected chi connectivity index (χ0v) is 11.5. The topological polar surface area (TPSA) is 60.5 Å². The molecule has 1 aliphatic rings. The molecule has 0 amide bonds. The van der Waals surface area contributed by atoms with Gasteiger partial charge in [-0.1, -0.05) is 6.92 Å². The van der Waals surface area contributed by atoms with Crippen molar-refractivity contribution in [2.45, 2.75) is 25.9 Å². The monoisotopic (exact) mass is 270 g/mol. The van der Waals surface area contributed by atoms with Crippen LogP contribution in [0.1, 0.15) is 30.3 Å². The Hall–Kier alpha value is -1.14. The Balaban J connectivity index is 1.86. The molecule has 1 fully saturated rings. The fraction of sp³-hybridized carbons (Fsp3) is 0.667. The van der Waals surface area contributed by atoms with Crippen molar-refractivity contribution < 1.29 is 14.3 Å². The lowest BCUT2D eigenvalue weighted by molar-refractivity contribution is 0.0595. The van der Waals surface area contributed by atoms with Gasteiger partial charge in [-0.25, -0.2) is 9.78 Å². The molecule has 2 rings (SSSR count). The summed E-state index contributed by atoms with van der Waals surface area (Å²) >= 11 is 1.42. The summed E-state index contributed by atoms with van der Waals surface area (Å²) in [6.45, 7) is 3.82. The van der Waals surface area contributed by atoms with Crippen molar-refractivity contribution in [3.63, 3.8) is 0 Å². The molecule has 1 aromatic rings. The maximum Gasteiger partial charge on any atom is 0.357 e. The number of aromatic nitrogens is 1. The molecule has 0 aliphatic carbocycles. The van der Waals surface area contributed by atoms with Crippen molar-refractivity contribution in [1.82, 2.24) is 4.98 Å². The van der Waals surface area contributed by atoms with E-state index < -0.39 is 5.97 Å². The van der Waals surface area contributed by atoms with Crippen LogP contribution in [0.3, 0.4) is 0 Å². The molecule has 1 N–H and O–H groups in total. The maximum atomic E-state index is 11.3. The Morgan fingerprint density at radius 2 is 2.56 bits per heavy atom. The van der Waals surface area contributed by atoms with Gasteiger partial charge < -0.3 is 14.8 Å². The summed E-state index contributed by atoms with van der Waals surface area (Å²) in [6.07, 6.45) is 2.47. The summed E-state index contributed by atoms with van der Waals surface area (Å²) in [7, 11) is 1.36. The first-order valence-electron chi connectivity index (χ1n) is 6.14. The Morgan fingerprint density at radius 3 is 3.28 bits per heavy atom. The van der Waals surface area contributed by atoms with Crippen LogP contribution in [-0.4, -0.2) is 37.3 Å². The normalized spacial score (nSPS) is 23.0. The lowest BCUT2D eigenvalue weighted by Crippen LogP contribution is -2.22. The Morgan fingerprint density at radius 1 is 1.72 bits per heavy atom. The molecule has 6 heteroatoms. The minimum absolute atomic E-state index is 0.345. The van der Waals surface area contributed by atoms with Gasteiger partial charge in [-0.05, 0) is 12.8 Å². The summed E-state index contributed by atoms with van der Waals surface area (Å²) in [5.74, 6) is 0.135. The fourth-order valence-electron chi connectivity index (χ4n) is 2.15. The van der Waals surface area contributed by atoms with Crippen molar-refractivity contribution in [1.29, 1.82) is 0 Å². The molecule has 18 heavy (non-hydrogen) atoms. The van der Waals surface area contributed by atoms with Crippen molar-refractivity contribution in [3.8, 4) is 0 Å². The summed E-state index contributed by atoms with van der Waals surface area (Å²) in [4.78, 5) is 15.4. The third-order valence-electron chi connectivity index (χ3n) is 3.16. The fourth-order valence-corrected chi connectivity index (χ4v) is 2.84. The second-order valence-corrected chi connectivity index (χ2v) is 5.13. The minimum Gasteiger partial charge on any atom is -0.464 e. The van der Waals surface area contributed by atoms with Crippen LogP contribution < -0.4 is 5.32 Å². The lowest BCUT2D eigenvalue weighted by Gasteiger charge is -2.16. The second kappa shape index (κ2) is 6.15. The Bertz CT molecular complexity index is 408. The highest BCUT2D eigenvalue weighted by Crippen LogP contribution is 2.24. The SMILES string of the molecule is CCC1OCCC1CNc1nc(C(=O)OC)cs1. The zero-order valence-electron chi connectivity index (χ0n) is 10.6. The number of hydrogen-bond donors (Lipinski definition) is 1. The predicted octanol–water partition coefficient (Wildman–Crippen LogP) is 2.16. The highest BCUT2D eigenvalue weighted by molar-refractivity contribution is 7.13. The van der Waals surface area contributed by atoms with E-state index in [1.54, 1.807) is 5.38 Å². The first kappa shape index (κ1) is 13.3. The van der Waals surface area contributed by atoms with E-state index >= 15 is 0 Å². The van der Waals surface area contributed by atoms with Gasteiger partial charge >= 0.3 is 5.97 Å². The molecule has 0 aromatic carbocycles. The average molecular weight is 270 g/mol. The standard InChI is InChI=1S/C12H18N2O3S/c1-3-10-8(4-5-17-10)6-13-12-14-9(7-18-12)11(15)16-2/h7-8,10H,3-6H2,1-2H3,(H,13,14). The van der Waals surface area contributed by atoms with Gasteiger partial charge in [-0.15, -0.1) is 11.3 Å². The van der Waals surface area contributed by atoms with Crippen molar-refractivity contribution in [2.75, 3.05) is 25.6 Å². The van der Waals surface area contributed by atoms with Gasteiger partial charge in [0.2, 0.25) is 0 Å². The van der Waals surface area contributed by atoms with Crippen LogP contribution >= 0.6 is 11.3 Å². The summed E-state index contributed by atoms with van der Waals surface area (Å²) in [5, 5.41) is 5.74. The number of carbonyl (C=O) groups is 1. The second-order valence-electron chi connectivity index (χ2n) is 4.28. The summed E-state index contributed by atoms with van der Waals surface area (Å²) in [6, 6.07) is 0. The highest BCUT2D eigenvalue weighted by Gasteiger charge is 2.26. The van der Waals surface area contributed by atoms with Gasteiger partial charge in [-0.3, -0.25) is 0 Å². The molecule has 2 atom stereocenters. The van der Waals surface area contributed by atoms with E-state index in [2.05, 4.69) is 22.0 Å². The molecule has 2 unspecified atom stereocenters. The van der Waals surface area contributed by atoms with Crippen LogP contribution in [0.4, 0.5) is 5.13 Å². The molecule has 100 valence electrons. The largest absolute Gasteiger partial charge is 0.464 e. The Kier molecular flexibility index (Phi) is 4.54. The van der Waals surface area contributed by atoms with E-state index in [4.69, 9.17) is 4.74 Å². The van der Waals surface area contributed by atoms with Crippen LogP contribution in [0.25, 0.3) is 0 Å². The molecule has 1 aliphatic heterocycles. The number of esters is 1. The number of thiazole rings is 1. The van der Waals surface area contributed by atoms with E-state index in [1.165, 1.54) is 18.4 Å². The van der Waals surface area contributed by atoms with E-state index in [1.807, 2.05) is 0 Å². The van der Waals surface area contributed by atoms with E-state index in [9.17, 15) is 4.79 Å². The third-order valence-corrected chi connectivity index (χ3v) is 3.96. The number of hydrogen-bond acceptors (Lipinski definition) is 6. The van der Waals surface area contributed by atoms with Crippen molar-refractivity contribution in [3.05, 3.63) is 11.1 Å². The first-order chi connectivity index (χ1) is 8.74. The smallest absolute Gasteiger partial charge is 0.357 e. The molecular formula is C12H18N2O3S. The molecule has 0 bridgehead atoms. The van der Waals surface area contributed by atoms with Crippen LogP contribution in [0.15, 0.2) is 5.38 Å². The van der Waals surface area contributed by atoms with Gasteiger partial charge in [0.05, 0.1) is 13.2 Å². The molecule has 1 aromatic heterocycles. The van der Waals surface area contributed by atoms with Gasteiger partial charge in [0, 0.05) is 24.4 Å². The number of carbonyl (C=O) groups excluding carboxylic acids is 1. The van der Waals surface area contributed by atoms with Gasteiger partial charge in [0.15, 0.2) is 10.8 Å². The summed E-state index contributed by atoms with van der Waals surface area (Å²) < 4.78 is 10.3. The van der Waals surface area contributed by atoms with Crippen LogP contribution in [0.5, 0.6) is 0 Å². The van der Waals surface area contributed by atoms with Crippen molar-refractivity contribution in [2.24, 2.45) is 5.92 Å². The number of anilines is 1. The number of nitrogens with one attached hydrogen (secondary N) is 1. The predicted molar refractivity (Wildman–Crippen MR) is 70.1 cm³/mol. The summed E-state index contributed by atoms with van der Waals surface area (Å²) in [5.41, 5.74) is 0.361. The highest BCUT2D eigenvalue weighted by atomic mass is 32.1. The van der Waals surface area contributed by atoms with Crippen LogP contribution in [-0.2, 0) is 9.47 Å². The quantitative estimate of drug-likeness (QED) is 0.831. The number of rotatable bonds is 5. The van der Waals surface area contributed by atoms with E-state index in [-0.39, 0.29) is 0 Å². The van der Waals surface area contributed by atoms with E-state index in [0.717, 1.165) is 31.1 Å². The van der Waals surface area contributed by atoms with Gasteiger partial charge in [-0.2, -0.15) is 0 Å². The third kappa shape index (κ3) is 3.00. The molecule has 0 radical (unpaired) electrons. The van der Waals surface area contributed by atoms with Gasteiger partial charge in [0.25, 0.3) is 0 Å². The maximum absolute atomic E-state index is 11.3. The molecule has 1 saturated heterocycles. The van der Waals surface area contributed by atoms with Crippen LogP contribution in [0.2, 0.25) is 0 Å². The molecular weight excluding hydrogens is 252 g/mol. The van der Waals surface area contributed by atoms with E-state index in [0.29, 0.717) is 17.7 Å². The number of methoxy groups -OCH3 is 1. The number of ether oxygens (including phenoxy) is 2. The lowest BCUT2D eigenvalue weighted by atomic mass is 10.00. The molecule has 0 spiro atoms. The average Bonchev–Trinajstić information content (AvgIpc) is 3.03. The first-order valence-corrected chi connectivity index (χ1v) is 7.01. The number of nitrogens with zero attached hydrogens (tertiary/aromatic N) is 1.